The van der Waals surface area contributed by atoms with Gasteiger partial charge in [-0.05, 0) is 6.42 Å². The number of rotatable bonds is 5. The molecule has 14 heavy (non-hydrogen) atoms. The van der Waals surface area contributed by atoms with Gasteiger partial charge in [0.25, 0.3) is 0 Å². The van der Waals surface area contributed by atoms with Crippen molar-refractivity contribution in [3.63, 3.8) is 0 Å². The Bertz CT molecular complexity index is 175. The maximum absolute atomic E-state index is 10.2. The molecule has 0 saturated heterocycles. The Morgan fingerprint density at radius 3 is 2.21 bits per heavy atom. The zero-order valence-electron chi connectivity index (χ0n) is 8.78. The maximum atomic E-state index is 10.2. The Balaban J connectivity index is 0. The molecule has 4 heteroatoms. The van der Waals surface area contributed by atoms with Gasteiger partial charge in [0, 0.05) is 13.0 Å². The fraction of sp³-hybridized carbons (Fsp3) is 0.600. The number of carbonyl (C=O) groups is 2. The van der Waals surface area contributed by atoms with E-state index in [0.717, 1.165) is 18.9 Å². The number of unbranched alkanes of at least 4 members (excludes halogenated alkanes) is 2. The van der Waals surface area contributed by atoms with Crippen LogP contribution < -0.4 is 0 Å². The van der Waals surface area contributed by atoms with Crippen molar-refractivity contribution in [1.82, 2.24) is 0 Å². The van der Waals surface area contributed by atoms with E-state index in [-0.39, 0.29) is 5.97 Å². The van der Waals surface area contributed by atoms with Crippen LogP contribution >= 0.6 is 0 Å². The Hall–Kier alpha value is -1.32. The van der Waals surface area contributed by atoms with Crippen LogP contribution in [0.4, 0.5) is 0 Å². The third-order valence-corrected chi connectivity index (χ3v) is 1.23. The molecule has 0 bridgehead atoms. The van der Waals surface area contributed by atoms with Crippen LogP contribution in [-0.2, 0) is 14.3 Å². The minimum absolute atomic E-state index is 0.175. The summed E-state index contributed by atoms with van der Waals surface area (Å²) in [6.07, 6.45) is 4.14. The largest absolute Gasteiger partial charge is 0.478 e. The van der Waals surface area contributed by atoms with Crippen molar-refractivity contribution in [3.05, 3.63) is 12.7 Å². The van der Waals surface area contributed by atoms with Crippen LogP contribution in [0.2, 0.25) is 0 Å². The van der Waals surface area contributed by atoms with Crippen LogP contribution in [-0.4, -0.2) is 23.7 Å². The molecule has 0 heterocycles. The number of hydrogen-bond acceptors (Lipinski definition) is 3. The highest BCUT2D eigenvalue weighted by Gasteiger charge is 1.89. The quantitative estimate of drug-likeness (QED) is 0.420. The first-order chi connectivity index (χ1) is 6.54. The Morgan fingerprint density at radius 2 is 1.93 bits per heavy atom. The van der Waals surface area contributed by atoms with Gasteiger partial charge in [-0.2, -0.15) is 0 Å². The van der Waals surface area contributed by atoms with E-state index in [1.54, 1.807) is 0 Å². The first-order valence-electron chi connectivity index (χ1n) is 4.53. The Morgan fingerprint density at radius 1 is 1.43 bits per heavy atom. The van der Waals surface area contributed by atoms with Gasteiger partial charge in [0.2, 0.25) is 0 Å². The molecule has 0 aliphatic carbocycles. The lowest BCUT2D eigenvalue weighted by atomic mass is 10.3. The van der Waals surface area contributed by atoms with Gasteiger partial charge in [-0.15, -0.1) is 0 Å². The molecule has 0 aliphatic heterocycles. The average Bonchev–Trinajstić information content (AvgIpc) is 2.13. The number of ether oxygens (including phenoxy) is 1. The van der Waals surface area contributed by atoms with Crippen LogP contribution in [0.15, 0.2) is 12.7 Å². The third kappa shape index (κ3) is 22.4. The number of carbonyl (C=O) groups excluding carboxylic acids is 1. The smallest absolute Gasteiger partial charge is 0.327 e. The van der Waals surface area contributed by atoms with Crippen LogP contribution in [0.1, 0.15) is 33.1 Å². The van der Waals surface area contributed by atoms with Crippen molar-refractivity contribution in [2.75, 3.05) is 6.61 Å². The van der Waals surface area contributed by atoms with Crippen molar-refractivity contribution < 1.29 is 19.4 Å². The third-order valence-electron chi connectivity index (χ3n) is 1.23. The van der Waals surface area contributed by atoms with E-state index >= 15 is 0 Å². The fourth-order valence-corrected chi connectivity index (χ4v) is 0.568. The second-order valence-electron chi connectivity index (χ2n) is 2.59. The van der Waals surface area contributed by atoms with Gasteiger partial charge >= 0.3 is 11.9 Å². The number of hydrogen-bond donors (Lipinski definition) is 1. The fourth-order valence-electron chi connectivity index (χ4n) is 0.568. The summed E-state index contributed by atoms with van der Waals surface area (Å²) in [5, 5.41) is 7.60. The molecule has 1 N–H and O–H groups in total. The predicted molar refractivity (Wildman–Crippen MR) is 54.0 cm³/mol. The van der Waals surface area contributed by atoms with Gasteiger partial charge in [0.15, 0.2) is 0 Å². The molecule has 0 aliphatic rings. The molecule has 0 unspecified atom stereocenters. The molecule has 0 aromatic carbocycles. The standard InChI is InChI=1S/C7H14O2.C3H4O2/c1-3-4-5-6-9-7(2)8;1-2-3(4)5/h3-6H2,1-2H3;2H,1H2,(H,4,5). The van der Waals surface area contributed by atoms with Crippen LogP contribution in [0, 0.1) is 0 Å². The summed E-state index contributed by atoms with van der Waals surface area (Å²) < 4.78 is 4.70. The van der Waals surface area contributed by atoms with E-state index in [4.69, 9.17) is 9.84 Å². The molecule has 0 amide bonds. The zero-order valence-corrected chi connectivity index (χ0v) is 8.78. The lowest BCUT2D eigenvalue weighted by Crippen LogP contribution is -1.99. The SMILES string of the molecule is C=CC(=O)O.CCCCCOC(C)=O. The molecule has 0 spiro atoms. The number of carboxylic acid groups (broad SMARTS) is 1. The van der Waals surface area contributed by atoms with Crippen molar-refractivity contribution >= 4 is 11.9 Å². The van der Waals surface area contributed by atoms with E-state index in [1.165, 1.54) is 13.3 Å². The summed E-state index contributed by atoms with van der Waals surface area (Å²) >= 11 is 0. The van der Waals surface area contributed by atoms with Crippen molar-refractivity contribution in [1.29, 1.82) is 0 Å². The summed E-state index contributed by atoms with van der Waals surface area (Å²) in [5.74, 6) is -1.16. The van der Waals surface area contributed by atoms with Gasteiger partial charge in [-0.1, -0.05) is 26.3 Å². The first-order valence-corrected chi connectivity index (χ1v) is 4.53. The van der Waals surface area contributed by atoms with Crippen molar-refractivity contribution in [3.8, 4) is 0 Å². The van der Waals surface area contributed by atoms with Gasteiger partial charge in [-0.3, -0.25) is 4.79 Å². The zero-order chi connectivity index (χ0) is 11.4. The van der Waals surface area contributed by atoms with Gasteiger partial charge < -0.3 is 9.84 Å². The lowest BCUT2D eigenvalue weighted by Gasteiger charge is -1.98. The number of aliphatic carboxylic acids is 1. The van der Waals surface area contributed by atoms with Gasteiger partial charge in [-0.25, -0.2) is 4.79 Å². The predicted octanol–water partition coefficient (Wildman–Crippen LogP) is 2.00. The Kier molecular flexibility index (Phi) is 12.7. The van der Waals surface area contributed by atoms with E-state index in [0.29, 0.717) is 6.61 Å². The molecular formula is C10H18O4. The molecule has 4 nitrogen and oxygen atoms in total. The highest BCUT2D eigenvalue weighted by atomic mass is 16.5. The normalized spacial score (nSPS) is 8.14. The summed E-state index contributed by atoms with van der Waals surface area (Å²) in [5.41, 5.74) is 0. The molecule has 0 fully saturated rings. The summed E-state index contributed by atoms with van der Waals surface area (Å²) in [7, 11) is 0. The highest BCUT2D eigenvalue weighted by Crippen LogP contribution is 1.93. The van der Waals surface area contributed by atoms with E-state index in [9.17, 15) is 9.59 Å². The minimum Gasteiger partial charge on any atom is -0.478 e. The van der Waals surface area contributed by atoms with Crippen molar-refractivity contribution in [2.24, 2.45) is 0 Å². The maximum Gasteiger partial charge on any atom is 0.327 e. The van der Waals surface area contributed by atoms with E-state index in [2.05, 4.69) is 13.5 Å². The van der Waals surface area contributed by atoms with Crippen molar-refractivity contribution in [2.45, 2.75) is 33.1 Å². The molecule has 0 aromatic rings. The second kappa shape index (κ2) is 11.7. The molecule has 0 radical (unpaired) electrons. The van der Waals surface area contributed by atoms with E-state index < -0.39 is 5.97 Å². The molecule has 0 saturated carbocycles. The van der Waals surface area contributed by atoms with E-state index in [1.807, 2.05) is 0 Å². The van der Waals surface area contributed by atoms with Crippen LogP contribution in [0.25, 0.3) is 0 Å². The topological polar surface area (TPSA) is 63.6 Å². The van der Waals surface area contributed by atoms with Gasteiger partial charge in [0.1, 0.15) is 0 Å². The molecule has 0 atom stereocenters. The lowest BCUT2D eigenvalue weighted by molar-refractivity contribution is -0.141. The highest BCUT2D eigenvalue weighted by molar-refractivity contribution is 5.78. The molecule has 0 aromatic heterocycles. The molecular weight excluding hydrogens is 184 g/mol. The summed E-state index contributed by atoms with van der Waals surface area (Å²) in [4.78, 5) is 19.4. The first kappa shape index (κ1) is 15.2. The number of esters is 1. The summed E-state index contributed by atoms with van der Waals surface area (Å²) in [6, 6.07) is 0. The minimum atomic E-state index is -0.981. The average molecular weight is 202 g/mol. The molecule has 0 rings (SSSR count). The summed E-state index contributed by atoms with van der Waals surface area (Å²) in [6.45, 7) is 7.10. The van der Waals surface area contributed by atoms with Gasteiger partial charge in [0.05, 0.1) is 6.61 Å². The second-order valence-corrected chi connectivity index (χ2v) is 2.59. The van der Waals surface area contributed by atoms with Crippen LogP contribution in [0.3, 0.4) is 0 Å². The Labute approximate surface area is 84.6 Å². The van der Waals surface area contributed by atoms with Crippen LogP contribution in [0.5, 0.6) is 0 Å². The monoisotopic (exact) mass is 202 g/mol. The molecule has 82 valence electrons. The number of carboxylic acids is 1.